The second-order valence-corrected chi connectivity index (χ2v) is 6.30. The molecule has 1 fully saturated rings. The van der Waals surface area contributed by atoms with Crippen LogP contribution in [0.3, 0.4) is 0 Å². The summed E-state index contributed by atoms with van der Waals surface area (Å²) < 4.78 is 5.35. The maximum Gasteiger partial charge on any atom is 0.321 e. The fourth-order valence-electron chi connectivity index (χ4n) is 2.67. The van der Waals surface area contributed by atoms with Gasteiger partial charge in [-0.15, -0.1) is 0 Å². The fraction of sp³-hybridized carbons (Fsp3) is 0.167. The van der Waals surface area contributed by atoms with Gasteiger partial charge >= 0.3 is 6.03 Å². The Labute approximate surface area is 149 Å². The largest absolute Gasteiger partial charge is 0.339 e. The van der Waals surface area contributed by atoms with Crippen molar-refractivity contribution in [3.05, 3.63) is 65.5 Å². The third-order valence-electron chi connectivity index (χ3n) is 4.07. The Bertz CT molecular complexity index is 891. The Kier molecular flexibility index (Phi) is 4.11. The third-order valence-corrected chi connectivity index (χ3v) is 4.30. The van der Waals surface area contributed by atoms with Crippen LogP contribution < -0.4 is 5.32 Å². The van der Waals surface area contributed by atoms with Gasteiger partial charge in [-0.1, -0.05) is 47.1 Å². The first-order valence-corrected chi connectivity index (χ1v) is 8.27. The molecular formula is C18H15ClN4O2. The third kappa shape index (κ3) is 3.34. The van der Waals surface area contributed by atoms with E-state index in [1.165, 1.54) is 0 Å². The number of hydrogen-bond acceptors (Lipinski definition) is 4. The predicted molar refractivity (Wildman–Crippen MR) is 94.5 cm³/mol. The van der Waals surface area contributed by atoms with E-state index in [1.54, 1.807) is 17.0 Å². The van der Waals surface area contributed by atoms with Crippen LogP contribution in [0.15, 0.2) is 59.1 Å². The number of halogens is 1. The van der Waals surface area contributed by atoms with Crippen LogP contribution in [0.4, 0.5) is 10.5 Å². The van der Waals surface area contributed by atoms with Gasteiger partial charge in [0.1, 0.15) is 0 Å². The lowest BCUT2D eigenvalue weighted by molar-refractivity contribution is 0.147. The average Bonchev–Trinajstić information content (AvgIpc) is 3.04. The van der Waals surface area contributed by atoms with E-state index in [-0.39, 0.29) is 11.9 Å². The van der Waals surface area contributed by atoms with Gasteiger partial charge in [-0.25, -0.2) is 4.79 Å². The van der Waals surface area contributed by atoms with Gasteiger partial charge in [-0.2, -0.15) is 4.98 Å². The number of anilines is 1. The lowest BCUT2D eigenvalue weighted by Crippen LogP contribution is -2.50. The molecule has 126 valence electrons. The van der Waals surface area contributed by atoms with Crippen LogP contribution in [0.2, 0.25) is 5.02 Å². The van der Waals surface area contributed by atoms with Gasteiger partial charge in [-0.05, 0) is 24.3 Å². The van der Waals surface area contributed by atoms with E-state index in [9.17, 15) is 4.79 Å². The molecule has 0 saturated carbocycles. The van der Waals surface area contributed by atoms with Gasteiger partial charge in [0.2, 0.25) is 11.7 Å². The molecule has 1 aliphatic heterocycles. The molecule has 0 unspecified atom stereocenters. The van der Waals surface area contributed by atoms with Gasteiger partial charge in [0.25, 0.3) is 0 Å². The summed E-state index contributed by atoms with van der Waals surface area (Å²) in [6, 6.07) is 16.5. The van der Waals surface area contributed by atoms with Crippen LogP contribution in [-0.4, -0.2) is 34.2 Å². The van der Waals surface area contributed by atoms with E-state index >= 15 is 0 Å². The highest BCUT2D eigenvalue weighted by Gasteiger charge is 2.35. The molecule has 4 rings (SSSR count). The monoisotopic (exact) mass is 354 g/mol. The standard InChI is InChI=1S/C18H15ClN4O2/c19-14-6-4-5-12(9-14)16-21-17(25-22-16)13-10-23(11-13)18(24)20-15-7-2-1-3-8-15/h1-9,13H,10-11H2,(H,20,24). The average molecular weight is 355 g/mol. The molecule has 0 bridgehead atoms. The zero-order valence-corrected chi connectivity index (χ0v) is 14.0. The number of carbonyl (C=O) groups excluding carboxylic acids is 1. The lowest BCUT2D eigenvalue weighted by Gasteiger charge is -2.36. The van der Waals surface area contributed by atoms with Crippen molar-refractivity contribution in [1.29, 1.82) is 0 Å². The number of nitrogens with zero attached hydrogens (tertiary/aromatic N) is 3. The molecule has 25 heavy (non-hydrogen) atoms. The van der Waals surface area contributed by atoms with Gasteiger partial charge in [0.15, 0.2) is 0 Å². The van der Waals surface area contributed by atoms with Crippen LogP contribution in [-0.2, 0) is 0 Å². The van der Waals surface area contributed by atoms with E-state index < -0.39 is 0 Å². The maximum absolute atomic E-state index is 12.2. The van der Waals surface area contributed by atoms with Crippen LogP contribution in [0, 0.1) is 0 Å². The van der Waals surface area contributed by atoms with Crippen LogP contribution in [0.5, 0.6) is 0 Å². The van der Waals surface area contributed by atoms with E-state index in [4.69, 9.17) is 16.1 Å². The first-order chi connectivity index (χ1) is 12.2. The summed E-state index contributed by atoms with van der Waals surface area (Å²) in [5.41, 5.74) is 1.58. The summed E-state index contributed by atoms with van der Waals surface area (Å²) in [7, 11) is 0. The van der Waals surface area contributed by atoms with Gasteiger partial charge in [-0.3, -0.25) is 0 Å². The molecule has 0 radical (unpaired) electrons. The number of nitrogens with one attached hydrogen (secondary N) is 1. The lowest BCUT2D eigenvalue weighted by atomic mass is 10.0. The minimum Gasteiger partial charge on any atom is -0.339 e. The van der Waals surface area contributed by atoms with Crippen LogP contribution >= 0.6 is 11.6 Å². The molecule has 1 aliphatic rings. The zero-order chi connectivity index (χ0) is 17.2. The minimum atomic E-state index is -0.128. The van der Waals surface area contributed by atoms with Crippen molar-refractivity contribution < 1.29 is 9.32 Å². The zero-order valence-electron chi connectivity index (χ0n) is 13.2. The van der Waals surface area contributed by atoms with Crippen molar-refractivity contribution in [1.82, 2.24) is 15.0 Å². The molecule has 0 atom stereocenters. The molecule has 1 saturated heterocycles. The number of rotatable bonds is 3. The normalized spacial score (nSPS) is 14.2. The van der Waals surface area contributed by atoms with E-state index in [0.717, 1.165) is 11.3 Å². The molecule has 2 heterocycles. The van der Waals surface area contributed by atoms with Crippen molar-refractivity contribution in [2.24, 2.45) is 0 Å². The molecular weight excluding hydrogens is 340 g/mol. The van der Waals surface area contributed by atoms with Gasteiger partial charge in [0, 0.05) is 29.4 Å². The van der Waals surface area contributed by atoms with E-state index in [1.807, 2.05) is 42.5 Å². The summed E-state index contributed by atoms with van der Waals surface area (Å²) in [6.45, 7) is 1.10. The van der Waals surface area contributed by atoms with Crippen molar-refractivity contribution in [3.63, 3.8) is 0 Å². The maximum atomic E-state index is 12.2. The number of amides is 2. The highest BCUT2D eigenvalue weighted by Crippen LogP contribution is 2.28. The highest BCUT2D eigenvalue weighted by atomic mass is 35.5. The first-order valence-electron chi connectivity index (χ1n) is 7.89. The van der Waals surface area contributed by atoms with Gasteiger partial charge < -0.3 is 14.7 Å². The Balaban J connectivity index is 1.37. The summed E-state index contributed by atoms with van der Waals surface area (Å²) in [6.07, 6.45) is 0. The SMILES string of the molecule is O=C(Nc1ccccc1)N1CC(c2nc(-c3cccc(Cl)c3)no2)C1. The summed E-state index contributed by atoms with van der Waals surface area (Å²) >= 11 is 5.99. The molecule has 0 aliphatic carbocycles. The van der Waals surface area contributed by atoms with E-state index in [2.05, 4.69) is 15.5 Å². The second-order valence-electron chi connectivity index (χ2n) is 5.86. The summed E-state index contributed by atoms with van der Waals surface area (Å²) in [5.74, 6) is 1.10. The Morgan fingerprint density at radius 1 is 1.16 bits per heavy atom. The topological polar surface area (TPSA) is 71.3 Å². The smallest absolute Gasteiger partial charge is 0.321 e. The molecule has 0 spiro atoms. The number of carbonyl (C=O) groups is 1. The second kappa shape index (κ2) is 6.57. The number of aromatic nitrogens is 2. The fourth-order valence-corrected chi connectivity index (χ4v) is 2.86. The number of urea groups is 1. The Hall–Kier alpha value is -2.86. The van der Waals surface area contributed by atoms with Crippen LogP contribution in [0.1, 0.15) is 11.8 Å². The molecule has 6 nitrogen and oxygen atoms in total. The molecule has 3 aromatic rings. The highest BCUT2D eigenvalue weighted by molar-refractivity contribution is 6.30. The molecule has 1 aromatic heterocycles. The molecule has 1 N–H and O–H groups in total. The molecule has 2 aromatic carbocycles. The number of hydrogen-bond donors (Lipinski definition) is 1. The van der Waals surface area contributed by atoms with Crippen molar-refractivity contribution in [2.75, 3.05) is 18.4 Å². The number of para-hydroxylation sites is 1. The van der Waals surface area contributed by atoms with Crippen LogP contribution in [0.25, 0.3) is 11.4 Å². The number of benzene rings is 2. The predicted octanol–water partition coefficient (Wildman–Crippen LogP) is 4.02. The van der Waals surface area contributed by atoms with Crippen molar-refractivity contribution in [2.45, 2.75) is 5.92 Å². The quantitative estimate of drug-likeness (QED) is 0.771. The summed E-state index contributed by atoms with van der Waals surface area (Å²) in [5, 5.41) is 7.48. The Morgan fingerprint density at radius 3 is 2.72 bits per heavy atom. The Morgan fingerprint density at radius 2 is 1.96 bits per heavy atom. The van der Waals surface area contributed by atoms with E-state index in [0.29, 0.717) is 29.8 Å². The summed E-state index contributed by atoms with van der Waals surface area (Å²) in [4.78, 5) is 18.3. The van der Waals surface area contributed by atoms with Crippen molar-refractivity contribution in [3.8, 4) is 11.4 Å². The van der Waals surface area contributed by atoms with Gasteiger partial charge in [0.05, 0.1) is 5.92 Å². The van der Waals surface area contributed by atoms with Crippen molar-refractivity contribution >= 4 is 23.3 Å². The molecule has 7 heteroatoms. The minimum absolute atomic E-state index is 0.0574. The number of likely N-dealkylation sites (tertiary alicyclic amines) is 1. The molecule has 2 amide bonds. The first kappa shape index (κ1) is 15.7.